The average Bonchev–Trinajstić information content (AvgIpc) is 2.90. The largest absolute Gasteiger partial charge is 0.492 e. The Kier molecular flexibility index (Phi) is 5.88. The molecule has 0 aliphatic heterocycles. The fourth-order valence-electron chi connectivity index (χ4n) is 1.60. The summed E-state index contributed by atoms with van der Waals surface area (Å²) in [7, 11) is 1.84. The molecule has 0 spiro atoms. The molecule has 2 aromatic rings. The monoisotopic (exact) mass is 331 g/mol. The Balaban J connectivity index is 1.70. The lowest BCUT2D eigenvalue weighted by Gasteiger charge is -2.07. The summed E-state index contributed by atoms with van der Waals surface area (Å²) in [6.45, 7) is 0.609. The number of nitrogens with zero attached hydrogens (tertiary/aromatic N) is 2. The number of ether oxygens (including phenoxy) is 1. The van der Waals surface area contributed by atoms with Crippen molar-refractivity contribution in [3.8, 4) is 5.75 Å². The smallest absolute Gasteiger partial charge is 0.205 e. The van der Waals surface area contributed by atoms with Crippen molar-refractivity contribution in [3.05, 3.63) is 33.3 Å². The molecule has 0 aliphatic rings. The second-order valence-electron chi connectivity index (χ2n) is 4.13. The normalized spacial score (nSPS) is 10.6. The third-order valence-corrected chi connectivity index (χ3v) is 4.16. The van der Waals surface area contributed by atoms with E-state index >= 15 is 0 Å². The first-order chi connectivity index (χ1) is 9.69. The lowest BCUT2D eigenvalue weighted by molar-refractivity contribution is 0.307. The van der Waals surface area contributed by atoms with Gasteiger partial charge in [-0.05, 0) is 25.0 Å². The molecular formula is C13H15Cl2N3OS. The summed E-state index contributed by atoms with van der Waals surface area (Å²) in [6.07, 6.45) is 2.83. The van der Waals surface area contributed by atoms with Crippen molar-refractivity contribution >= 4 is 39.7 Å². The SMILES string of the molecule is CNc1nnc(CCCCOc2cc(Cl)ccc2Cl)s1. The molecule has 1 aromatic heterocycles. The molecule has 0 saturated heterocycles. The fourth-order valence-corrected chi connectivity index (χ4v) is 2.67. The standard InChI is InChI=1S/C13H15Cl2N3OS/c1-16-13-18-17-12(20-13)4-2-3-7-19-11-8-9(14)5-6-10(11)15/h5-6,8H,2-4,7H2,1H3,(H,16,18). The van der Waals surface area contributed by atoms with Crippen LogP contribution >= 0.6 is 34.5 Å². The molecule has 0 unspecified atom stereocenters. The highest BCUT2D eigenvalue weighted by molar-refractivity contribution is 7.15. The Morgan fingerprint density at radius 3 is 2.85 bits per heavy atom. The van der Waals surface area contributed by atoms with Crippen LogP contribution in [0.2, 0.25) is 10.0 Å². The van der Waals surface area contributed by atoms with Crippen molar-refractivity contribution in [2.75, 3.05) is 19.0 Å². The third-order valence-electron chi connectivity index (χ3n) is 2.62. The highest BCUT2D eigenvalue weighted by Gasteiger charge is 2.04. The van der Waals surface area contributed by atoms with Crippen LogP contribution in [0.1, 0.15) is 17.8 Å². The second-order valence-corrected chi connectivity index (χ2v) is 6.04. The summed E-state index contributed by atoms with van der Waals surface area (Å²) in [5, 5.41) is 14.2. The number of aryl methyl sites for hydroxylation is 1. The zero-order valence-corrected chi connectivity index (χ0v) is 13.4. The van der Waals surface area contributed by atoms with E-state index in [9.17, 15) is 0 Å². The van der Waals surface area contributed by atoms with Crippen LogP contribution in [0.3, 0.4) is 0 Å². The van der Waals surface area contributed by atoms with Gasteiger partial charge < -0.3 is 10.1 Å². The summed E-state index contributed by atoms with van der Waals surface area (Å²) in [5.41, 5.74) is 0. The van der Waals surface area contributed by atoms with Gasteiger partial charge in [0, 0.05) is 24.6 Å². The molecule has 0 saturated carbocycles. The van der Waals surface area contributed by atoms with E-state index in [4.69, 9.17) is 27.9 Å². The van der Waals surface area contributed by atoms with Crippen LogP contribution in [-0.4, -0.2) is 23.9 Å². The zero-order chi connectivity index (χ0) is 14.4. The van der Waals surface area contributed by atoms with Crippen LogP contribution in [0.4, 0.5) is 5.13 Å². The minimum absolute atomic E-state index is 0.581. The fraction of sp³-hybridized carbons (Fsp3) is 0.385. The Morgan fingerprint density at radius 1 is 1.25 bits per heavy atom. The lowest BCUT2D eigenvalue weighted by atomic mass is 10.2. The highest BCUT2D eigenvalue weighted by atomic mass is 35.5. The van der Waals surface area contributed by atoms with Crippen LogP contribution in [0.5, 0.6) is 5.75 Å². The summed E-state index contributed by atoms with van der Waals surface area (Å²) < 4.78 is 5.62. The van der Waals surface area contributed by atoms with Crippen molar-refractivity contribution < 1.29 is 4.74 Å². The van der Waals surface area contributed by atoms with Gasteiger partial charge in [0.2, 0.25) is 5.13 Å². The lowest BCUT2D eigenvalue weighted by Crippen LogP contribution is -1.98. The molecule has 0 atom stereocenters. The van der Waals surface area contributed by atoms with Gasteiger partial charge in [0.25, 0.3) is 0 Å². The van der Waals surface area contributed by atoms with Crippen molar-refractivity contribution in [3.63, 3.8) is 0 Å². The zero-order valence-electron chi connectivity index (χ0n) is 11.0. The first-order valence-corrected chi connectivity index (χ1v) is 7.84. The summed E-state index contributed by atoms with van der Waals surface area (Å²) in [4.78, 5) is 0. The van der Waals surface area contributed by atoms with Gasteiger partial charge in [-0.15, -0.1) is 10.2 Å². The molecule has 1 N–H and O–H groups in total. The number of aromatic nitrogens is 2. The van der Waals surface area contributed by atoms with Gasteiger partial charge >= 0.3 is 0 Å². The van der Waals surface area contributed by atoms with Gasteiger partial charge in [-0.2, -0.15) is 0 Å². The number of rotatable bonds is 7. The van der Waals surface area contributed by atoms with Crippen LogP contribution < -0.4 is 10.1 Å². The van der Waals surface area contributed by atoms with E-state index in [1.807, 2.05) is 7.05 Å². The molecule has 1 aromatic carbocycles. The summed E-state index contributed by atoms with van der Waals surface area (Å²) >= 11 is 13.5. The molecular weight excluding hydrogens is 317 g/mol. The highest BCUT2D eigenvalue weighted by Crippen LogP contribution is 2.27. The van der Waals surface area contributed by atoms with E-state index in [2.05, 4.69) is 15.5 Å². The first-order valence-electron chi connectivity index (χ1n) is 6.27. The number of benzene rings is 1. The average molecular weight is 332 g/mol. The Labute approximate surface area is 132 Å². The summed E-state index contributed by atoms with van der Waals surface area (Å²) in [5.74, 6) is 0.632. The van der Waals surface area contributed by atoms with Crippen LogP contribution in [-0.2, 0) is 6.42 Å². The van der Waals surface area contributed by atoms with Gasteiger partial charge in [-0.1, -0.05) is 34.5 Å². The van der Waals surface area contributed by atoms with Crippen molar-refractivity contribution in [2.45, 2.75) is 19.3 Å². The number of nitrogens with one attached hydrogen (secondary N) is 1. The van der Waals surface area contributed by atoms with E-state index in [0.717, 1.165) is 29.4 Å². The van der Waals surface area contributed by atoms with E-state index < -0.39 is 0 Å². The molecule has 0 bridgehead atoms. The number of hydrogen-bond acceptors (Lipinski definition) is 5. The van der Waals surface area contributed by atoms with Gasteiger partial charge in [-0.25, -0.2) is 0 Å². The number of halogens is 2. The molecule has 4 nitrogen and oxygen atoms in total. The molecule has 1 heterocycles. The third kappa shape index (κ3) is 4.51. The molecule has 7 heteroatoms. The maximum atomic E-state index is 6.02. The van der Waals surface area contributed by atoms with E-state index in [1.165, 1.54) is 0 Å². The minimum Gasteiger partial charge on any atom is -0.492 e. The molecule has 20 heavy (non-hydrogen) atoms. The van der Waals surface area contributed by atoms with Crippen LogP contribution in [0, 0.1) is 0 Å². The maximum Gasteiger partial charge on any atom is 0.205 e. The summed E-state index contributed by atoms with van der Waals surface area (Å²) in [6, 6.07) is 5.21. The molecule has 0 radical (unpaired) electrons. The number of hydrogen-bond donors (Lipinski definition) is 1. The minimum atomic E-state index is 0.581. The molecule has 108 valence electrons. The number of anilines is 1. The van der Waals surface area contributed by atoms with Gasteiger partial charge in [0.1, 0.15) is 10.8 Å². The first kappa shape index (κ1) is 15.4. The maximum absolute atomic E-state index is 6.02. The predicted molar refractivity (Wildman–Crippen MR) is 84.4 cm³/mol. The van der Waals surface area contributed by atoms with E-state index in [-0.39, 0.29) is 0 Å². The topological polar surface area (TPSA) is 47.0 Å². The van der Waals surface area contributed by atoms with Crippen molar-refractivity contribution in [1.82, 2.24) is 10.2 Å². The van der Waals surface area contributed by atoms with E-state index in [0.29, 0.717) is 22.4 Å². The molecule has 0 amide bonds. The second kappa shape index (κ2) is 7.67. The predicted octanol–water partition coefficient (Wildman–Crippen LogP) is 4.29. The van der Waals surface area contributed by atoms with E-state index in [1.54, 1.807) is 29.5 Å². The van der Waals surface area contributed by atoms with Gasteiger partial charge in [0.05, 0.1) is 11.6 Å². The van der Waals surface area contributed by atoms with Crippen molar-refractivity contribution in [2.24, 2.45) is 0 Å². The van der Waals surface area contributed by atoms with Gasteiger partial charge in [0.15, 0.2) is 0 Å². The quantitative estimate of drug-likeness (QED) is 0.769. The Bertz CT molecular complexity index is 562. The van der Waals surface area contributed by atoms with Crippen LogP contribution in [0.15, 0.2) is 18.2 Å². The Morgan fingerprint density at radius 2 is 2.10 bits per heavy atom. The van der Waals surface area contributed by atoms with Gasteiger partial charge in [-0.3, -0.25) is 0 Å². The van der Waals surface area contributed by atoms with Crippen LogP contribution in [0.25, 0.3) is 0 Å². The molecule has 2 rings (SSSR count). The molecule has 0 fully saturated rings. The molecule has 0 aliphatic carbocycles. The number of unbranched alkanes of at least 4 members (excludes halogenated alkanes) is 1. The Hall–Kier alpha value is -1.04. The van der Waals surface area contributed by atoms with Crippen molar-refractivity contribution in [1.29, 1.82) is 0 Å².